The van der Waals surface area contributed by atoms with Gasteiger partial charge in [-0.2, -0.15) is 0 Å². The van der Waals surface area contributed by atoms with E-state index in [0.717, 1.165) is 12.8 Å². The zero-order valence-corrected chi connectivity index (χ0v) is 18.5. The molecular formula is C25H28N4O4. The Bertz CT molecular complexity index is 1240. The van der Waals surface area contributed by atoms with Gasteiger partial charge in [0.05, 0.1) is 10.9 Å². The Morgan fingerprint density at radius 1 is 0.788 bits per heavy atom. The van der Waals surface area contributed by atoms with Gasteiger partial charge in [0, 0.05) is 45.6 Å². The van der Waals surface area contributed by atoms with Gasteiger partial charge in [0.25, 0.3) is 5.56 Å². The molecule has 8 heteroatoms. The van der Waals surface area contributed by atoms with Crippen molar-refractivity contribution in [2.24, 2.45) is 0 Å². The third kappa shape index (κ3) is 5.39. The molecule has 0 bridgehead atoms. The summed E-state index contributed by atoms with van der Waals surface area (Å²) in [5, 5.41) is 0.420. The minimum atomic E-state index is -0.516. The monoisotopic (exact) mass is 448 g/mol. The number of carbonyl (C=O) groups is 2. The number of carbonyl (C=O) groups excluding carboxylic acids is 2. The number of H-pyrrole nitrogens is 1. The van der Waals surface area contributed by atoms with Crippen molar-refractivity contribution in [2.45, 2.75) is 32.2 Å². The van der Waals surface area contributed by atoms with E-state index in [2.05, 4.69) is 17.1 Å². The summed E-state index contributed by atoms with van der Waals surface area (Å²) in [5.41, 5.74) is 0.806. The van der Waals surface area contributed by atoms with E-state index in [4.69, 9.17) is 0 Å². The van der Waals surface area contributed by atoms with Crippen molar-refractivity contribution in [2.75, 3.05) is 26.2 Å². The van der Waals surface area contributed by atoms with E-state index < -0.39 is 11.2 Å². The molecule has 2 aromatic carbocycles. The van der Waals surface area contributed by atoms with Crippen molar-refractivity contribution >= 4 is 22.7 Å². The fraction of sp³-hybridized carbons (Fsp3) is 0.360. The number of nitrogens with zero attached hydrogens (tertiary/aromatic N) is 3. The second-order valence-electron chi connectivity index (χ2n) is 8.28. The van der Waals surface area contributed by atoms with Gasteiger partial charge in [-0.1, -0.05) is 42.5 Å². The molecule has 0 unspecified atom stereocenters. The van der Waals surface area contributed by atoms with E-state index in [-0.39, 0.29) is 24.8 Å². The molecule has 2 heterocycles. The van der Waals surface area contributed by atoms with Crippen LogP contribution in [0, 0.1) is 0 Å². The van der Waals surface area contributed by atoms with E-state index in [1.807, 2.05) is 23.1 Å². The third-order valence-electron chi connectivity index (χ3n) is 6.14. The summed E-state index contributed by atoms with van der Waals surface area (Å²) in [7, 11) is 0. The van der Waals surface area contributed by atoms with E-state index in [9.17, 15) is 19.2 Å². The van der Waals surface area contributed by atoms with E-state index >= 15 is 0 Å². The first kappa shape index (κ1) is 22.5. The van der Waals surface area contributed by atoms with Crippen molar-refractivity contribution in [3.63, 3.8) is 0 Å². The molecule has 8 nitrogen and oxygen atoms in total. The quantitative estimate of drug-likeness (QED) is 0.596. The number of rotatable bonds is 7. The number of aryl methyl sites for hydroxylation is 2. The highest BCUT2D eigenvalue weighted by Gasteiger charge is 2.24. The minimum absolute atomic E-state index is 0.0617. The topological polar surface area (TPSA) is 95.5 Å². The fourth-order valence-electron chi connectivity index (χ4n) is 4.28. The third-order valence-corrected chi connectivity index (χ3v) is 6.14. The Balaban J connectivity index is 1.26. The molecule has 0 radical (unpaired) electrons. The molecule has 3 aromatic rings. The van der Waals surface area contributed by atoms with Gasteiger partial charge < -0.3 is 9.80 Å². The van der Waals surface area contributed by atoms with Gasteiger partial charge in [-0.05, 0) is 30.5 Å². The lowest BCUT2D eigenvalue weighted by Crippen LogP contribution is -2.50. The van der Waals surface area contributed by atoms with Gasteiger partial charge in [0.1, 0.15) is 0 Å². The molecule has 0 spiro atoms. The van der Waals surface area contributed by atoms with Crippen LogP contribution in [0.4, 0.5) is 0 Å². The maximum atomic E-state index is 12.7. The van der Waals surface area contributed by atoms with Gasteiger partial charge in [-0.25, -0.2) is 4.79 Å². The Kier molecular flexibility index (Phi) is 7.02. The second kappa shape index (κ2) is 10.3. The number of piperazine rings is 1. The zero-order chi connectivity index (χ0) is 23.2. The normalized spacial score (nSPS) is 13.9. The first-order valence-corrected chi connectivity index (χ1v) is 11.3. The summed E-state index contributed by atoms with van der Waals surface area (Å²) >= 11 is 0. The molecule has 1 fully saturated rings. The average Bonchev–Trinajstić information content (AvgIpc) is 2.84. The predicted molar refractivity (Wildman–Crippen MR) is 126 cm³/mol. The van der Waals surface area contributed by atoms with Gasteiger partial charge in [0.15, 0.2) is 0 Å². The fourth-order valence-corrected chi connectivity index (χ4v) is 4.28. The van der Waals surface area contributed by atoms with Crippen LogP contribution in [0.1, 0.15) is 24.8 Å². The number of fused-ring (bicyclic) bond motifs is 1. The number of nitrogens with one attached hydrogen (secondary N) is 1. The van der Waals surface area contributed by atoms with Crippen LogP contribution >= 0.6 is 0 Å². The lowest BCUT2D eigenvalue weighted by molar-refractivity contribution is -0.139. The first-order chi connectivity index (χ1) is 16.0. The Labute approximate surface area is 191 Å². The summed E-state index contributed by atoms with van der Waals surface area (Å²) in [4.78, 5) is 55.4. The molecule has 0 aliphatic carbocycles. The Morgan fingerprint density at radius 2 is 1.39 bits per heavy atom. The highest BCUT2D eigenvalue weighted by Crippen LogP contribution is 2.11. The van der Waals surface area contributed by atoms with Crippen LogP contribution in [0.25, 0.3) is 10.9 Å². The Hall–Kier alpha value is -3.68. The smallest absolute Gasteiger partial charge is 0.328 e. The maximum absolute atomic E-state index is 12.7. The molecule has 1 saturated heterocycles. The van der Waals surface area contributed by atoms with Crippen LogP contribution in [-0.2, 0) is 22.6 Å². The molecule has 172 valence electrons. The number of amides is 2. The maximum Gasteiger partial charge on any atom is 0.328 e. The number of hydrogen-bond donors (Lipinski definition) is 1. The molecule has 0 atom stereocenters. The minimum Gasteiger partial charge on any atom is -0.339 e. The SMILES string of the molecule is O=C(CCCc1ccccc1)N1CCN(C(=O)CCn2c(=O)[nH]c(=O)c3ccccc32)CC1. The van der Waals surface area contributed by atoms with Crippen LogP contribution in [-0.4, -0.2) is 57.3 Å². The molecule has 33 heavy (non-hydrogen) atoms. The van der Waals surface area contributed by atoms with Crippen LogP contribution in [0.3, 0.4) is 0 Å². The van der Waals surface area contributed by atoms with Crippen LogP contribution in [0.5, 0.6) is 0 Å². The summed E-state index contributed by atoms with van der Waals surface area (Å²) in [6, 6.07) is 17.0. The van der Waals surface area contributed by atoms with Crippen molar-refractivity contribution in [3.8, 4) is 0 Å². The number of aromatic amines is 1. The highest BCUT2D eigenvalue weighted by atomic mass is 16.2. The van der Waals surface area contributed by atoms with Crippen molar-refractivity contribution < 1.29 is 9.59 Å². The van der Waals surface area contributed by atoms with Crippen molar-refractivity contribution in [1.29, 1.82) is 0 Å². The molecule has 1 N–H and O–H groups in total. The summed E-state index contributed by atoms with van der Waals surface area (Å²) < 4.78 is 1.43. The van der Waals surface area contributed by atoms with Crippen LogP contribution in [0.15, 0.2) is 64.2 Å². The standard InChI is InChI=1S/C25H28N4O4/c30-22(12-6-9-19-7-2-1-3-8-19)27-15-17-28(18-16-27)23(31)13-14-29-21-11-5-4-10-20(21)24(32)26-25(29)33/h1-5,7-8,10-11H,6,9,12-18H2,(H,26,32,33). The van der Waals surface area contributed by atoms with E-state index in [1.54, 1.807) is 29.2 Å². The summed E-state index contributed by atoms with van der Waals surface area (Å²) in [6.07, 6.45) is 2.35. The van der Waals surface area contributed by atoms with E-state index in [0.29, 0.717) is 43.5 Å². The molecular weight excluding hydrogens is 420 g/mol. The van der Waals surface area contributed by atoms with Crippen LogP contribution < -0.4 is 11.2 Å². The second-order valence-corrected chi connectivity index (χ2v) is 8.28. The number of hydrogen-bond acceptors (Lipinski definition) is 4. The summed E-state index contributed by atoms with van der Waals surface area (Å²) in [5.74, 6) is 0.0673. The lowest BCUT2D eigenvalue weighted by Gasteiger charge is -2.35. The molecule has 4 rings (SSSR count). The lowest BCUT2D eigenvalue weighted by atomic mass is 10.1. The van der Waals surface area contributed by atoms with Gasteiger partial charge >= 0.3 is 5.69 Å². The molecule has 1 aliphatic rings. The molecule has 1 aromatic heterocycles. The summed E-state index contributed by atoms with van der Waals surface area (Å²) in [6.45, 7) is 2.22. The van der Waals surface area contributed by atoms with Crippen molar-refractivity contribution in [1.82, 2.24) is 19.4 Å². The predicted octanol–water partition coefficient (Wildman–Crippen LogP) is 1.77. The average molecular weight is 449 g/mol. The molecule has 0 saturated carbocycles. The van der Waals surface area contributed by atoms with Gasteiger partial charge in [0.2, 0.25) is 11.8 Å². The number of aromatic nitrogens is 2. The van der Waals surface area contributed by atoms with Crippen molar-refractivity contribution in [3.05, 3.63) is 81.0 Å². The van der Waals surface area contributed by atoms with Gasteiger partial charge in [-0.3, -0.25) is 23.9 Å². The Morgan fingerprint density at radius 3 is 2.09 bits per heavy atom. The molecule has 2 amide bonds. The zero-order valence-electron chi connectivity index (χ0n) is 18.5. The van der Waals surface area contributed by atoms with E-state index in [1.165, 1.54) is 10.1 Å². The first-order valence-electron chi connectivity index (χ1n) is 11.3. The van der Waals surface area contributed by atoms with Crippen LogP contribution in [0.2, 0.25) is 0 Å². The largest absolute Gasteiger partial charge is 0.339 e. The number of para-hydroxylation sites is 1. The molecule has 1 aliphatic heterocycles. The number of benzene rings is 2. The highest BCUT2D eigenvalue weighted by molar-refractivity contribution is 5.79. The van der Waals surface area contributed by atoms with Gasteiger partial charge in [-0.15, -0.1) is 0 Å².